The number of carbonyl (C=O) groups is 1. The maximum absolute atomic E-state index is 14.4. The van der Waals surface area contributed by atoms with Gasteiger partial charge in [0.05, 0.1) is 11.4 Å². The second kappa shape index (κ2) is 8.66. The Hall–Kier alpha value is -2.73. The van der Waals surface area contributed by atoms with Crippen LogP contribution in [0.1, 0.15) is 54.6 Å². The van der Waals surface area contributed by atoms with Crippen LogP contribution in [-0.4, -0.2) is 43.7 Å². The van der Waals surface area contributed by atoms with Crippen LogP contribution in [0.5, 0.6) is 0 Å². The Bertz CT molecular complexity index is 1140. The summed E-state index contributed by atoms with van der Waals surface area (Å²) in [6.45, 7) is 6.29. The molecule has 0 spiro atoms. The molecule has 2 aromatic heterocycles. The van der Waals surface area contributed by atoms with Crippen molar-refractivity contribution in [3.63, 3.8) is 0 Å². The van der Waals surface area contributed by atoms with E-state index >= 15 is 0 Å². The molecular weight excluding hydrogens is 403 g/mol. The van der Waals surface area contributed by atoms with Crippen LogP contribution in [0.25, 0.3) is 5.65 Å². The minimum absolute atomic E-state index is 0.128. The first-order chi connectivity index (χ1) is 15.5. The highest BCUT2D eigenvalue weighted by molar-refractivity contribution is 5.76. The van der Waals surface area contributed by atoms with Crippen molar-refractivity contribution in [2.75, 3.05) is 6.54 Å². The zero-order valence-electron chi connectivity index (χ0n) is 18.9. The Morgan fingerprint density at radius 2 is 1.88 bits per heavy atom. The van der Waals surface area contributed by atoms with E-state index in [2.05, 4.69) is 41.5 Å². The highest BCUT2D eigenvalue weighted by Gasteiger charge is 2.40. The van der Waals surface area contributed by atoms with Crippen molar-refractivity contribution in [3.8, 4) is 0 Å². The summed E-state index contributed by atoms with van der Waals surface area (Å²) in [5, 5.41) is 0. The topological polar surface area (TPSA) is 40.9 Å². The SMILES string of the molecule is Cc1nc2c(C)cccn2c1CN1CC[C@H]2[C@H]1CCCCC(=O)N2Cc1ccccc1F. The average Bonchev–Trinajstić information content (AvgIpc) is 3.31. The zero-order chi connectivity index (χ0) is 22.2. The summed E-state index contributed by atoms with van der Waals surface area (Å²) in [5.41, 5.74) is 5.08. The molecule has 2 aliphatic heterocycles. The van der Waals surface area contributed by atoms with E-state index < -0.39 is 0 Å². The van der Waals surface area contributed by atoms with E-state index in [0.29, 0.717) is 24.6 Å². The molecule has 0 saturated carbocycles. The standard InChI is InChI=1S/C26H31FN4O/c1-18-8-7-14-30-24(19(2)28-26(18)30)17-29-15-13-23-22(29)11-5-6-12-25(32)31(23)16-20-9-3-4-10-21(20)27/h3-4,7-10,14,22-23H,5-6,11-13,15-17H2,1-2H3/t22-,23+/m1/s1. The van der Waals surface area contributed by atoms with Gasteiger partial charge in [-0.05, 0) is 50.8 Å². The van der Waals surface area contributed by atoms with E-state index in [4.69, 9.17) is 4.98 Å². The molecule has 2 saturated heterocycles. The lowest BCUT2D eigenvalue weighted by Crippen LogP contribution is -2.48. The first-order valence-electron chi connectivity index (χ1n) is 11.7. The van der Waals surface area contributed by atoms with Crippen LogP contribution in [0.3, 0.4) is 0 Å². The number of carbonyl (C=O) groups excluding carboxylic acids is 1. The molecule has 0 aliphatic carbocycles. The molecule has 0 N–H and O–H groups in total. The highest BCUT2D eigenvalue weighted by atomic mass is 19.1. The van der Waals surface area contributed by atoms with E-state index in [9.17, 15) is 9.18 Å². The lowest BCUT2D eigenvalue weighted by molar-refractivity contribution is -0.135. The summed E-state index contributed by atoms with van der Waals surface area (Å²) < 4.78 is 16.6. The number of nitrogens with zero attached hydrogens (tertiary/aromatic N) is 4. The predicted molar refractivity (Wildman–Crippen MR) is 123 cm³/mol. The van der Waals surface area contributed by atoms with Gasteiger partial charge < -0.3 is 9.30 Å². The Kier molecular flexibility index (Phi) is 5.72. The maximum Gasteiger partial charge on any atom is 0.223 e. The molecule has 2 aliphatic rings. The number of aryl methyl sites for hydroxylation is 2. The molecule has 1 amide bonds. The van der Waals surface area contributed by atoms with Crippen LogP contribution < -0.4 is 0 Å². The van der Waals surface area contributed by atoms with Crippen LogP contribution in [0.15, 0.2) is 42.6 Å². The molecule has 0 bridgehead atoms. The van der Waals surface area contributed by atoms with E-state index in [1.807, 2.05) is 11.0 Å². The van der Waals surface area contributed by atoms with Crippen molar-refractivity contribution >= 4 is 11.6 Å². The molecule has 5 nitrogen and oxygen atoms in total. The van der Waals surface area contributed by atoms with Crippen LogP contribution in [-0.2, 0) is 17.9 Å². The van der Waals surface area contributed by atoms with E-state index in [-0.39, 0.29) is 17.8 Å². The average molecular weight is 435 g/mol. The van der Waals surface area contributed by atoms with Gasteiger partial charge in [0.25, 0.3) is 0 Å². The number of imidazole rings is 1. The molecule has 1 aromatic carbocycles. The van der Waals surface area contributed by atoms with E-state index in [0.717, 1.165) is 50.1 Å². The normalized spacial score (nSPS) is 22.2. The largest absolute Gasteiger partial charge is 0.334 e. The summed E-state index contributed by atoms with van der Waals surface area (Å²) in [5.74, 6) is -0.0723. The molecule has 32 heavy (non-hydrogen) atoms. The van der Waals surface area contributed by atoms with Gasteiger partial charge in [0.15, 0.2) is 0 Å². The molecule has 2 fully saturated rings. The first kappa shape index (κ1) is 21.1. The Morgan fingerprint density at radius 1 is 1.03 bits per heavy atom. The Labute approximate surface area is 188 Å². The van der Waals surface area contributed by atoms with Gasteiger partial charge in [-0.15, -0.1) is 0 Å². The number of likely N-dealkylation sites (tertiary alicyclic amines) is 2. The summed E-state index contributed by atoms with van der Waals surface area (Å²) in [7, 11) is 0. The third-order valence-electron chi connectivity index (χ3n) is 7.28. The van der Waals surface area contributed by atoms with Crippen molar-refractivity contribution in [1.29, 1.82) is 0 Å². The van der Waals surface area contributed by atoms with Crippen molar-refractivity contribution in [3.05, 3.63) is 70.9 Å². The highest BCUT2D eigenvalue weighted by Crippen LogP contribution is 2.33. The van der Waals surface area contributed by atoms with Gasteiger partial charge >= 0.3 is 0 Å². The second-order valence-corrected chi connectivity index (χ2v) is 9.28. The smallest absolute Gasteiger partial charge is 0.223 e. The second-order valence-electron chi connectivity index (χ2n) is 9.28. The number of rotatable bonds is 4. The summed E-state index contributed by atoms with van der Waals surface area (Å²) in [6.07, 6.45) is 6.61. The van der Waals surface area contributed by atoms with Gasteiger partial charge in [0.1, 0.15) is 11.5 Å². The molecule has 4 heterocycles. The number of benzene rings is 1. The molecule has 0 unspecified atom stereocenters. The summed E-state index contributed by atoms with van der Waals surface area (Å²) >= 11 is 0. The first-order valence-corrected chi connectivity index (χ1v) is 11.7. The number of hydrogen-bond donors (Lipinski definition) is 0. The van der Waals surface area contributed by atoms with Gasteiger partial charge in [-0.3, -0.25) is 9.69 Å². The minimum Gasteiger partial charge on any atom is -0.334 e. The molecule has 168 valence electrons. The quantitative estimate of drug-likeness (QED) is 0.601. The van der Waals surface area contributed by atoms with E-state index in [1.54, 1.807) is 12.1 Å². The van der Waals surface area contributed by atoms with Crippen molar-refractivity contribution in [2.24, 2.45) is 0 Å². The third-order valence-corrected chi connectivity index (χ3v) is 7.28. The van der Waals surface area contributed by atoms with Crippen molar-refractivity contribution in [2.45, 2.75) is 71.1 Å². The van der Waals surface area contributed by atoms with Crippen LogP contribution in [0.2, 0.25) is 0 Å². The zero-order valence-corrected chi connectivity index (χ0v) is 18.9. The molecule has 5 rings (SSSR count). The number of aromatic nitrogens is 2. The number of halogens is 1. The molecule has 6 heteroatoms. The number of pyridine rings is 1. The Balaban J connectivity index is 1.43. The fourth-order valence-electron chi connectivity index (χ4n) is 5.56. The number of fused-ring (bicyclic) bond motifs is 2. The van der Waals surface area contributed by atoms with Crippen molar-refractivity contribution in [1.82, 2.24) is 19.2 Å². The summed E-state index contributed by atoms with van der Waals surface area (Å²) in [4.78, 5) is 22.4. The number of amides is 1. The fraction of sp³-hybridized carbons (Fsp3) is 0.462. The number of hydrogen-bond acceptors (Lipinski definition) is 3. The van der Waals surface area contributed by atoms with Crippen LogP contribution in [0, 0.1) is 19.7 Å². The van der Waals surface area contributed by atoms with E-state index in [1.165, 1.54) is 17.3 Å². The predicted octanol–water partition coefficient (Wildman–Crippen LogP) is 4.64. The van der Waals surface area contributed by atoms with Crippen molar-refractivity contribution < 1.29 is 9.18 Å². The third kappa shape index (κ3) is 3.81. The van der Waals surface area contributed by atoms with Gasteiger partial charge in [0, 0.05) is 49.9 Å². The maximum atomic E-state index is 14.4. The lowest BCUT2D eigenvalue weighted by atomic mass is 9.96. The minimum atomic E-state index is -0.231. The molecule has 0 radical (unpaired) electrons. The molecule has 3 aromatic rings. The van der Waals surface area contributed by atoms with Gasteiger partial charge in [-0.2, -0.15) is 0 Å². The summed E-state index contributed by atoms with van der Waals surface area (Å²) in [6, 6.07) is 11.4. The fourth-order valence-corrected chi connectivity index (χ4v) is 5.56. The van der Waals surface area contributed by atoms with Gasteiger partial charge in [-0.25, -0.2) is 9.37 Å². The molecular formula is C26H31FN4O. The lowest BCUT2D eigenvalue weighted by Gasteiger charge is -2.37. The molecule has 2 atom stereocenters. The van der Waals surface area contributed by atoms with Gasteiger partial charge in [-0.1, -0.05) is 30.7 Å². The van der Waals surface area contributed by atoms with Crippen LogP contribution in [0.4, 0.5) is 4.39 Å². The Morgan fingerprint density at radius 3 is 2.72 bits per heavy atom. The van der Waals surface area contributed by atoms with Gasteiger partial charge in [0.2, 0.25) is 5.91 Å². The monoisotopic (exact) mass is 434 g/mol. The van der Waals surface area contributed by atoms with Crippen LogP contribution >= 0.6 is 0 Å².